The number of hydrogen-bond acceptors (Lipinski definition) is 6. The van der Waals surface area contributed by atoms with Crippen LogP contribution in [0.5, 0.6) is 0 Å². The first-order chi connectivity index (χ1) is 39.8. The lowest BCUT2D eigenvalue weighted by atomic mass is 9.93. The van der Waals surface area contributed by atoms with Gasteiger partial charge in [-0.25, -0.2) is 52.7 Å². The van der Waals surface area contributed by atoms with Crippen LogP contribution in [0.1, 0.15) is 16.7 Å². The Kier molecular flexibility index (Phi) is 11.8. The van der Waals surface area contributed by atoms with Gasteiger partial charge in [0.05, 0.1) is 16.7 Å². The molecule has 0 saturated heterocycles. The third-order valence-corrected chi connectivity index (χ3v) is 14.4. The van der Waals surface area contributed by atoms with Gasteiger partial charge >= 0.3 is 12.4 Å². The van der Waals surface area contributed by atoms with E-state index in [4.69, 9.17) is 13.3 Å². The van der Waals surface area contributed by atoms with Crippen LogP contribution in [0.4, 0.5) is 79.0 Å². The van der Waals surface area contributed by atoms with Crippen LogP contribution in [0.15, 0.2) is 123 Å². The first kappa shape index (κ1) is 53.4. The summed E-state index contributed by atoms with van der Waals surface area (Å²) in [6.07, 6.45) is -7.76. The highest BCUT2D eigenvalue weighted by Crippen LogP contribution is 2.47. The molecule has 0 radical (unpaired) electrons. The summed E-state index contributed by atoms with van der Waals surface area (Å²) in [4.78, 5) is 13.2. The quantitative estimate of drug-likeness (QED) is 0.122. The SMILES string of the molecule is Cc1c(F)c(F)c(-c2ccc3oc4c(-c5cc(-c6ccnc7c6oc6ccc(-c8c(F)c(F)c(C(F)(F)F)c(F)c8F)cc67)cc(-c6ccnc7c6oc6ccc(-c8c(F)c(F)c(C(F)(F)F)c(F)c8F)cc67)c5)ccnc4c3c2)c(F)c1F. The lowest BCUT2D eigenvalue weighted by Crippen LogP contribution is -2.16. The molecule has 0 bridgehead atoms. The fraction of sp³-hybridized carbons (Fsp3) is 0.0500. The summed E-state index contributed by atoms with van der Waals surface area (Å²) in [7, 11) is 0. The molecule has 13 aromatic rings. The Labute approximate surface area is 454 Å². The molecule has 6 heterocycles. The monoisotopic (exact) mass is 1170 g/mol. The standard InChI is InChI=1S/C60H21F18N3O3/c1-20-41(61)43(63)36(44(64)42(20)62)21-2-5-33-30(17-21)53-56(82-33)27(8-11-79-53)24-14-25(28-9-12-80-54-31-18-22(3-6-34(31)83-57(28)54)37-45(65)49(69)39(59(73,74)75)50(70)46(37)66)16-26(15-24)29-10-13-81-55-32-19-23(4-7-35(32)84-58(29)55)38-47(67)51(71)40(60(76,77)78)52(72)48(38)68/h2-19H,1H3. The molecule has 6 aromatic heterocycles. The summed E-state index contributed by atoms with van der Waals surface area (Å²) in [6, 6.07) is 18.9. The number of rotatable bonds is 6. The van der Waals surface area contributed by atoms with Crippen LogP contribution in [-0.4, -0.2) is 15.0 Å². The van der Waals surface area contributed by atoms with Crippen molar-refractivity contribution in [3.05, 3.63) is 196 Å². The number of furan rings is 3. The van der Waals surface area contributed by atoms with Gasteiger partial charge in [0, 0.05) is 57.0 Å². The van der Waals surface area contributed by atoms with Crippen LogP contribution in [0.3, 0.4) is 0 Å². The zero-order valence-corrected chi connectivity index (χ0v) is 41.3. The topological polar surface area (TPSA) is 78.1 Å². The number of fused-ring (bicyclic) bond motifs is 9. The maximum Gasteiger partial charge on any atom is 0.422 e. The molecule has 0 aliphatic heterocycles. The van der Waals surface area contributed by atoms with E-state index in [-0.39, 0.29) is 105 Å². The number of nitrogens with zero attached hydrogens (tertiary/aromatic N) is 3. The second-order valence-electron chi connectivity index (χ2n) is 19.1. The van der Waals surface area contributed by atoms with Gasteiger partial charge in [0.15, 0.2) is 86.6 Å². The number of hydrogen-bond donors (Lipinski definition) is 0. The van der Waals surface area contributed by atoms with Crippen molar-refractivity contribution in [2.75, 3.05) is 0 Å². The van der Waals surface area contributed by atoms with E-state index in [0.29, 0.717) is 0 Å². The van der Waals surface area contributed by atoms with E-state index >= 15 is 26.3 Å². The number of pyridine rings is 3. The van der Waals surface area contributed by atoms with Gasteiger partial charge in [-0.1, -0.05) is 18.2 Å². The average Bonchev–Trinajstić information content (AvgIpc) is 1.82. The molecule has 13 rings (SSSR count). The Morgan fingerprint density at radius 3 is 0.833 bits per heavy atom. The summed E-state index contributed by atoms with van der Waals surface area (Å²) in [6.45, 7) is 0.859. The molecule has 0 atom stereocenters. The Morgan fingerprint density at radius 2 is 0.571 bits per heavy atom. The van der Waals surface area contributed by atoms with Crippen LogP contribution in [-0.2, 0) is 12.4 Å². The molecule has 84 heavy (non-hydrogen) atoms. The van der Waals surface area contributed by atoms with Crippen molar-refractivity contribution in [2.24, 2.45) is 0 Å². The Hall–Kier alpha value is -9.87. The van der Waals surface area contributed by atoms with Crippen LogP contribution in [0.2, 0.25) is 0 Å². The highest BCUT2D eigenvalue weighted by molar-refractivity contribution is 6.12. The zero-order valence-electron chi connectivity index (χ0n) is 41.3. The molecule has 420 valence electrons. The molecular formula is C60H21F18N3O3. The van der Waals surface area contributed by atoms with Crippen molar-refractivity contribution in [3.8, 4) is 66.8 Å². The van der Waals surface area contributed by atoms with Crippen LogP contribution in [0, 0.1) is 76.7 Å². The Balaban J connectivity index is 1.02. The van der Waals surface area contributed by atoms with Gasteiger partial charge in [-0.3, -0.25) is 15.0 Å². The second-order valence-corrected chi connectivity index (χ2v) is 19.1. The maximum absolute atomic E-state index is 15.4. The Morgan fingerprint density at radius 1 is 0.310 bits per heavy atom. The van der Waals surface area contributed by atoms with Crippen LogP contribution >= 0.6 is 0 Å². The number of alkyl halides is 6. The van der Waals surface area contributed by atoms with E-state index < -0.39 is 127 Å². The third kappa shape index (κ3) is 7.89. The number of halogens is 18. The minimum absolute atomic E-state index is 0.0356. The summed E-state index contributed by atoms with van der Waals surface area (Å²) < 4.78 is 281. The van der Waals surface area contributed by atoms with Gasteiger partial charge in [-0.2, -0.15) is 26.3 Å². The molecule has 0 fully saturated rings. The van der Waals surface area contributed by atoms with E-state index in [1.807, 2.05) is 0 Å². The average molecular weight is 1170 g/mol. The highest BCUT2D eigenvalue weighted by Gasteiger charge is 2.44. The van der Waals surface area contributed by atoms with E-state index in [9.17, 15) is 52.7 Å². The maximum atomic E-state index is 15.4. The zero-order chi connectivity index (χ0) is 59.5. The lowest BCUT2D eigenvalue weighted by molar-refractivity contribution is -0.144. The first-order valence-corrected chi connectivity index (χ1v) is 24.1. The molecule has 0 aliphatic carbocycles. The molecule has 0 spiro atoms. The molecule has 0 N–H and O–H groups in total. The molecule has 0 unspecified atom stereocenters. The Bertz CT molecular complexity index is 4760. The normalized spacial score (nSPS) is 12.5. The van der Waals surface area contributed by atoms with Gasteiger partial charge in [0.25, 0.3) is 0 Å². The second kappa shape index (κ2) is 18.6. The van der Waals surface area contributed by atoms with Crippen molar-refractivity contribution >= 4 is 66.2 Å². The van der Waals surface area contributed by atoms with Crippen LogP contribution in [0.25, 0.3) is 133 Å². The predicted octanol–water partition coefficient (Wildman–Crippen LogP) is 19.6. The van der Waals surface area contributed by atoms with Crippen molar-refractivity contribution in [3.63, 3.8) is 0 Å². The largest absolute Gasteiger partial charge is 0.454 e. The first-order valence-electron chi connectivity index (χ1n) is 24.1. The molecule has 7 aromatic carbocycles. The molecule has 0 aliphatic rings. The summed E-state index contributed by atoms with van der Waals surface area (Å²) >= 11 is 0. The van der Waals surface area contributed by atoms with E-state index in [1.54, 1.807) is 18.2 Å². The number of aromatic nitrogens is 3. The van der Waals surface area contributed by atoms with Gasteiger partial charge in [-0.05, 0) is 113 Å². The van der Waals surface area contributed by atoms with E-state index in [2.05, 4.69) is 15.0 Å². The fourth-order valence-electron chi connectivity index (χ4n) is 10.5. The molecular weight excluding hydrogens is 1150 g/mol. The molecule has 6 nitrogen and oxygen atoms in total. The van der Waals surface area contributed by atoms with Crippen molar-refractivity contribution < 1.29 is 92.3 Å². The van der Waals surface area contributed by atoms with Gasteiger partial charge in [0.1, 0.15) is 44.4 Å². The molecule has 0 amide bonds. The van der Waals surface area contributed by atoms with Crippen molar-refractivity contribution in [1.82, 2.24) is 15.0 Å². The summed E-state index contributed by atoms with van der Waals surface area (Å²) in [5, 5.41) is 0.0271. The van der Waals surface area contributed by atoms with Gasteiger partial charge < -0.3 is 13.3 Å². The molecule has 0 saturated carbocycles. The smallest absolute Gasteiger partial charge is 0.422 e. The van der Waals surface area contributed by atoms with Crippen LogP contribution < -0.4 is 0 Å². The van der Waals surface area contributed by atoms with E-state index in [0.717, 1.165) is 49.4 Å². The molecule has 24 heteroatoms. The van der Waals surface area contributed by atoms with Gasteiger partial charge in [0.2, 0.25) is 0 Å². The highest BCUT2D eigenvalue weighted by atomic mass is 19.4. The fourth-order valence-corrected chi connectivity index (χ4v) is 10.5. The minimum Gasteiger partial charge on any atom is -0.454 e. The van der Waals surface area contributed by atoms with Crippen molar-refractivity contribution in [2.45, 2.75) is 19.3 Å². The minimum atomic E-state index is -5.82. The predicted molar refractivity (Wildman–Crippen MR) is 269 cm³/mol. The lowest BCUT2D eigenvalue weighted by Gasteiger charge is -2.14. The third-order valence-electron chi connectivity index (χ3n) is 14.4. The van der Waals surface area contributed by atoms with Crippen molar-refractivity contribution in [1.29, 1.82) is 0 Å². The summed E-state index contributed by atoms with van der Waals surface area (Å²) in [5.74, 6) is -26.7. The van der Waals surface area contributed by atoms with E-state index in [1.165, 1.54) is 48.9 Å². The van der Waals surface area contributed by atoms with Gasteiger partial charge in [-0.15, -0.1) is 0 Å². The number of benzene rings is 7. The summed E-state index contributed by atoms with van der Waals surface area (Å²) in [5.41, 5.74) is -10.6.